The summed E-state index contributed by atoms with van der Waals surface area (Å²) in [5.74, 6) is 1.46. The van der Waals surface area contributed by atoms with Crippen LogP contribution in [0, 0.1) is 18.3 Å². The van der Waals surface area contributed by atoms with Gasteiger partial charge in [-0.15, -0.1) is 5.10 Å². The number of aromatic nitrogens is 2. The van der Waals surface area contributed by atoms with Gasteiger partial charge in [0.2, 0.25) is 11.8 Å². The number of methoxy groups -OCH3 is 1. The smallest absolute Gasteiger partial charge is 0.244 e. The SMILES string of the molecule is COc1ccc(-c2[nH]nc3c2C(c2ccc(OCc4ccccc4C)cc2)C(C#N)=C(N)O3)cc1. The molecule has 4 aromatic rings. The van der Waals surface area contributed by atoms with Crippen molar-refractivity contribution >= 4 is 0 Å². The molecule has 3 N–H and O–H groups in total. The summed E-state index contributed by atoms with van der Waals surface area (Å²) in [6.45, 7) is 2.54. The number of H-pyrrole nitrogens is 1. The van der Waals surface area contributed by atoms with Crippen LogP contribution >= 0.6 is 0 Å². The van der Waals surface area contributed by atoms with E-state index < -0.39 is 5.92 Å². The summed E-state index contributed by atoms with van der Waals surface area (Å²) in [5, 5.41) is 17.3. The summed E-state index contributed by atoms with van der Waals surface area (Å²) in [5.41, 5.74) is 12.1. The van der Waals surface area contributed by atoms with Crippen LogP contribution in [0.5, 0.6) is 17.4 Å². The number of hydrogen-bond acceptors (Lipinski definition) is 6. The predicted molar refractivity (Wildman–Crippen MR) is 132 cm³/mol. The highest BCUT2D eigenvalue weighted by molar-refractivity contribution is 5.71. The van der Waals surface area contributed by atoms with Crippen LogP contribution in [-0.4, -0.2) is 17.3 Å². The summed E-state index contributed by atoms with van der Waals surface area (Å²) in [6.07, 6.45) is 0. The van der Waals surface area contributed by atoms with Gasteiger partial charge in [0.15, 0.2) is 0 Å². The third-order valence-electron chi connectivity index (χ3n) is 6.19. The Morgan fingerprint density at radius 3 is 2.43 bits per heavy atom. The maximum absolute atomic E-state index is 9.94. The second kappa shape index (κ2) is 9.27. The van der Waals surface area contributed by atoms with E-state index in [2.05, 4.69) is 35.3 Å². The minimum Gasteiger partial charge on any atom is -0.497 e. The van der Waals surface area contributed by atoms with Crippen molar-refractivity contribution in [3.63, 3.8) is 0 Å². The van der Waals surface area contributed by atoms with Gasteiger partial charge < -0.3 is 19.9 Å². The van der Waals surface area contributed by atoms with Crippen LogP contribution in [-0.2, 0) is 6.61 Å². The van der Waals surface area contributed by atoms with Crippen molar-refractivity contribution in [3.8, 4) is 34.7 Å². The molecule has 0 radical (unpaired) electrons. The lowest BCUT2D eigenvalue weighted by atomic mass is 9.83. The molecular weight excluding hydrogens is 440 g/mol. The van der Waals surface area contributed by atoms with Crippen molar-refractivity contribution < 1.29 is 14.2 Å². The van der Waals surface area contributed by atoms with Crippen LogP contribution in [0.2, 0.25) is 0 Å². The number of fused-ring (bicyclic) bond motifs is 1. The van der Waals surface area contributed by atoms with Gasteiger partial charge in [-0.1, -0.05) is 36.4 Å². The van der Waals surface area contributed by atoms with Crippen LogP contribution in [0.15, 0.2) is 84.3 Å². The zero-order valence-electron chi connectivity index (χ0n) is 19.4. The molecule has 174 valence electrons. The van der Waals surface area contributed by atoms with E-state index in [4.69, 9.17) is 19.9 Å². The molecule has 0 bridgehead atoms. The molecule has 1 atom stereocenters. The van der Waals surface area contributed by atoms with Crippen molar-refractivity contribution in [2.75, 3.05) is 7.11 Å². The minimum atomic E-state index is -0.440. The summed E-state index contributed by atoms with van der Waals surface area (Å²) in [7, 11) is 1.62. The Morgan fingerprint density at radius 1 is 1.03 bits per heavy atom. The molecule has 7 heteroatoms. The first-order chi connectivity index (χ1) is 17.1. The third kappa shape index (κ3) is 4.18. The van der Waals surface area contributed by atoms with Gasteiger partial charge in [-0.3, -0.25) is 5.10 Å². The number of nitriles is 1. The third-order valence-corrected chi connectivity index (χ3v) is 6.19. The van der Waals surface area contributed by atoms with E-state index in [1.165, 1.54) is 5.56 Å². The van der Waals surface area contributed by atoms with Crippen molar-refractivity contribution in [1.29, 1.82) is 5.26 Å². The molecule has 0 saturated carbocycles. The molecule has 5 rings (SSSR count). The summed E-state index contributed by atoms with van der Waals surface area (Å²) >= 11 is 0. The number of allylic oxidation sites excluding steroid dienone is 1. The van der Waals surface area contributed by atoms with E-state index in [1.807, 2.05) is 60.7 Å². The highest BCUT2D eigenvalue weighted by atomic mass is 16.5. The number of nitrogens with one attached hydrogen (secondary N) is 1. The van der Waals surface area contributed by atoms with Crippen molar-refractivity contribution in [3.05, 3.63) is 107 Å². The van der Waals surface area contributed by atoms with Crippen LogP contribution in [0.25, 0.3) is 11.3 Å². The van der Waals surface area contributed by atoms with Gasteiger partial charge in [0.05, 0.1) is 24.3 Å². The Balaban J connectivity index is 1.48. The Hall–Kier alpha value is -4.70. The van der Waals surface area contributed by atoms with E-state index in [0.29, 0.717) is 18.1 Å². The molecule has 35 heavy (non-hydrogen) atoms. The molecule has 1 aliphatic heterocycles. The summed E-state index contributed by atoms with van der Waals surface area (Å²) in [4.78, 5) is 0. The van der Waals surface area contributed by atoms with Gasteiger partial charge in [-0.25, -0.2) is 0 Å². The molecule has 3 aromatic carbocycles. The predicted octanol–water partition coefficient (Wildman–Crippen LogP) is 5.19. The van der Waals surface area contributed by atoms with Gasteiger partial charge in [0.1, 0.15) is 29.7 Å². The second-order valence-electron chi connectivity index (χ2n) is 8.25. The Kier molecular flexibility index (Phi) is 5.86. The van der Waals surface area contributed by atoms with E-state index in [9.17, 15) is 5.26 Å². The fourth-order valence-electron chi connectivity index (χ4n) is 4.25. The largest absolute Gasteiger partial charge is 0.497 e. The van der Waals surface area contributed by atoms with Crippen LogP contribution in [0.3, 0.4) is 0 Å². The molecule has 1 aromatic heterocycles. The average Bonchev–Trinajstić information content (AvgIpc) is 3.31. The maximum Gasteiger partial charge on any atom is 0.244 e. The highest BCUT2D eigenvalue weighted by Gasteiger charge is 2.35. The van der Waals surface area contributed by atoms with E-state index in [1.54, 1.807) is 7.11 Å². The van der Waals surface area contributed by atoms with Crippen molar-refractivity contribution in [1.82, 2.24) is 10.2 Å². The normalized spacial score (nSPS) is 14.6. The quantitative estimate of drug-likeness (QED) is 0.407. The van der Waals surface area contributed by atoms with Crippen LogP contribution < -0.4 is 19.9 Å². The van der Waals surface area contributed by atoms with E-state index in [0.717, 1.165) is 39.4 Å². The highest BCUT2D eigenvalue weighted by Crippen LogP contribution is 2.46. The molecule has 0 saturated heterocycles. The fraction of sp³-hybridized carbons (Fsp3) is 0.143. The van der Waals surface area contributed by atoms with Gasteiger partial charge >= 0.3 is 0 Å². The van der Waals surface area contributed by atoms with Gasteiger partial charge in [0.25, 0.3) is 0 Å². The van der Waals surface area contributed by atoms with Gasteiger partial charge in [-0.05, 0) is 60.0 Å². The number of aromatic amines is 1. The lowest BCUT2D eigenvalue weighted by molar-refractivity contribution is 0.305. The zero-order chi connectivity index (χ0) is 24.4. The number of hydrogen-bond donors (Lipinski definition) is 2. The van der Waals surface area contributed by atoms with Crippen LogP contribution in [0.4, 0.5) is 0 Å². The molecule has 1 unspecified atom stereocenters. The standard InChI is InChI=1S/C28H24N4O3/c1-17-5-3-4-6-20(17)16-34-22-13-7-18(8-14-22)24-23(15-29)27(30)35-28-25(24)26(31-32-28)19-9-11-21(33-2)12-10-19/h3-14,24H,16,30H2,1-2H3,(H,31,32). The Labute approximate surface area is 203 Å². The first-order valence-electron chi connectivity index (χ1n) is 11.2. The number of benzene rings is 3. The molecule has 7 nitrogen and oxygen atoms in total. The minimum absolute atomic E-state index is 0.0534. The number of nitrogens with two attached hydrogens (primary N) is 1. The first-order valence-corrected chi connectivity index (χ1v) is 11.2. The molecule has 0 fully saturated rings. The average molecular weight is 465 g/mol. The first kappa shape index (κ1) is 22.1. The fourth-order valence-corrected chi connectivity index (χ4v) is 4.25. The zero-order valence-corrected chi connectivity index (χ0v) is 19.4. The number of nitrogens with zero attached hydrogens (tertiary/aromatic N) is 2. The van der Waals surface area contributed by atoms with Crippen LogP contribution in [0.1, 0.15) is 28.2 Å². The number of ether oxygens (including phenoxy) is 3. The Morgan fingerprint density at radius 2 is 1.74 bits per heavy atom. The van der Waals surface area contributed by atoms with E-state index in [-0.39, 0.29) is 5.88 Å². The molecular formula is C28H24N4O3. The number of rotatable bonds is 6. The molecule has 0 amide bonds. The summed E-state index contributed by atoms with van der Waals surface area (Å²) in [6, 6.07) is 25.7. The molecule has 0 aliphatic carbocycles. The maximum atomic E-state index is 9.94. The molecule has 1 aliphatic rings. The Bertz CT molecular complexity index is 1430. The summed E-state index contributed by atoms with van der Waals surface area (Å²) < 4.78 is 17.0. The lowest BCUT2D eigenvalue weighted by Crippen LogP contribution is -2.21. The lowest BCUT2D eigenvalue weighted by Gasteiger charge is -2.24. The van der Waals surface area contributed by atoms with Crippen molar-refractivity contribution in [2.24, 2.45) is 5.73 Å². The van der Waals surface area contributed by atoms with Crippen molar-refractivity contribution in [2.45, 2.75) is 19.4 Å². The van der Waals surface area contributed by atoms with Gasteiger partial charge in [0, 0.05) is 5.56 Å². The van der Waals surface area contributed by atoms with E-state index >= 15 is 0 Å². The number of aryl methyl sites for hydroxylation is 1. The molecule has 0 spiro atoms. The molecule has 2 heterocycles. The topological polar surface area (TPSA) is 106 Å². The van der Waals surface area contributed by atoms with Gasteiger partial charge in [-0.2, -0.15) is 5.26 Å². The second-order valence-corrected chi connectivity index (χ2v) is 8.25. The monoisotopic (exact) mass is 464 g/mol.